The van der Waals surface area contributed by atoms with Gasteiger partial charge in [0.25, 0.3) is 0 Å². The van der Waals surface area contributed by atoms with E-state index in [1.165, 1.54) is 0 Å². The molecule has 1 saturated carbocycles. The van der Waals surface area contributed by atoms with Gasteiger partial charge in [-0.3, -0.25) is 9.59 Å². The number of hydrogen-bond donors (Lipinski definition) is 2. The van der Waals surface area contributed by atoms with Gasteiger partial charge in [-0.1, -0.05) is 12.8 Å². The molecule has 120 valence electrons. The van der Waals surface area contributed by atoms with Crippen molar-refractivity contribution in [2.75, 3.05) is 25.9 Å². The van der Waals surface area contributed by atoms with E-state index in [0.29, 0.717) is 12.6 Å². The van der Waals surface area contributed by atoms with Crippen molar-refractivity contribution in [2.24, 2.45) is 5.92 Å². The first-order valence-corrected chi connectivity index (χ1v) is 9.28. The Morgan fingerprint density at radius 3 is 2.57 bits per heavy atom. The van der Waals surface area contributed by atoms with Crippen molar-refractivity contribution in [3.8, 4) is 0 Å². The average Bonchev–Trinajstić information content (AvgIpc) is 3.01. The molecule has 1 aliphatic carbocycles. The molecular formula is C13H23N3O4S. The number of carbonyl (C=O) groups is 2. The molecule has 1 heterocycles. The van der Waals surface area contributed by atoms with Crippen molar-refractivity contribution in [1.82, 2.24) is 14.9 Å². The average molecular weight is 317 g/mol. The van der Waals surface area contributed by atoms with Gasteiger partial charge < -0.3 is 10.2 Å². The molecular weight excluding hydrogens is 294 g/mol. The summed E-state index contributed by atoms with van der Waals surface area (Å²) < 4.78 is 24.1. The number of likely N-dealkylation sites (tertiary alicyclic amines) is 1. The fourth-order valence-corrected chi connectivity index (χ4v) is 3.52. The monoisotopic (exact) mass is 317 g/mol. The van der Waals surface area contributed by atoms with Crippen molar-refractivity contribution < 1.29 is 18.0 Å². The largest absolute Gasteiger partial charge is 0.354 e. The Bertz CT molecular complexity index is 500. The third-order valence-electron chi connectivity index (χ3n) is 4.08. The lowest BCUT2D eigenvalue weighted by atomic mass is 10.1. The number of rotatable bonds is 6. The molecule has 0 aromatic carbocycles. The summed E-state index contributed by atoms with van der Waals surface area (Å²) in [7, 11) is -3.23. The minimum atomic E-state index is -3.23. The van der Waals surface area contributed by atoms with Gasteiger partial charge in [-0.05, 0) is 12.8 Å². The third kappa shape index (κ3) is 4.67. The lowest BCUT2D eigenvalue weighted by Gasteiger charge is -2.23. The molecule has 2 aliphatic rings. The van der Waals surface area contributed by atoms with Gasteiger partial charge in [-0.25, -0.2) is 13.1 Å². The van der Waals surface area contributed by atoms with Crippen LogP contribution in [-0.2, 0) is 19.6 Å². The van der Waals surface area contributed by atoms with E-state index in [9.17, 15) is 18.0 Å². The van der Waals surface area contributed by atoms with Crippen LogP contribution in [0.25, 0.3) is 0 Å². The number of hydrogen-bond acceptors (Lipinski definition) is 4. The van der Waals surface area contributed by atoms with E-state index < -0.39 is 10.0 Å². The van der Waals surface area contributed by atoms with Crippen LogP contribution in [0.15, 0.2) is 0 Å². The van der Waals surface area contributed by atoms with E-state index in [-0.39, 0.29) is 37.2 Å². The Hall–Kier alpha value is -1.15. The van der Waals surface area contributed by atoms with Gasteiger partial charge in [0.2, 0.25) is 21.8 Å². The molecule has 1 atom stereocenters. The highest BCUT2D eigenvalue weighted by Gasteiger charge is 2.38. The molecule has 8 heteroatoms. The fraction of sp³-hybridized carbons (Fsp3) is 0.846. The Morgan fingerprint density at radius 2 is 1.95 bits per heavy atom. The van der Waals surface area contributed by atoms with Gasteiger partial charge in [0.05, 0.1) is 12.2 Å². The van der Waals surface area contributed by atoms with Gasteiger partial charge >= 0.3 is 0 Å². The zero-order valence-corrected chi connectivity index (χ0v) is 13.1. The Morgan fingerprint density at radius 1 is 1.29 bits per heavy atom. The molecule has 0 aromatic rings. The maximum absolute atomic E-state index is 12.0. The second-order valence-electron chi connectivity index (χ2n) is 5.84. The highest BCUT2D eigenvalue weighted by molar-refractivity contribution is 7.88. The summed E-state index contributed by atoms with van der Waals surface area (Å²) >= 11 is 0. The van der Waals surface area contributed by atoms with E-state index in [1.54, 1.807) is 0 Å². The van der Waals surface area contributed by atoms with E-state index in [4.69, 9.17) is 0 Å². The Labute approximate surface area is 125 Å². The third-order valence-corrected chi connectivity index (χ3v) is 4.81. The lowest BCUT2D eigenvalue weighted by molar-refractivity contribution is -0.130. The van der Waals surface area contributed by atoms with Crippen molar-refractivity contribution in [1.29, 1.82) is 0 Å². The molecule has 0 aromatic heterocycles. The Kier molecular flexibility index (Phi) is 5.21. The zero-order valence-electron chi connectivity index (χ0n) is 12.3. The lowest BCUT2D eigenvalue weighted by Crippen LogP contribution is -2.39. The topological polar surface area (TPSA) is 95.6 Å². The van der Waals surface area contributed by atoms with Crippen LogP contribution in [0.2, 0.25) is 0 Å². The van der Waals surface area contributed by atoms with Gasteiger partial charge in [0.1, 0.15) is 0 Å². The number of nitrogens with zero attached hydrogens (tertiary/aromatic N) is 1. The summed E-state index contributed by atoms with van der Waals surface area (Å²) in [4.78, 5) is 25.9. The van der Waals surface area contributed by atoms with Crippen molar-refractivity contribution in [3.63, 3.8) is 0 Å². The van der Waals surface area contributed by atoms with Crippen LogP contribution in [0.3, 0.4) is 0 Å². The van der Waals surface area contributed by atoms with Crippen LogP contribution in [-0.4, -0.2) is 57.1 Å². The molecule has 1 unspecified atom stereocenters. The fourth-order valence-electron chi connectivity index (χ4n) is 3.04. The van der Waals surface area contributed by atoms with E-state index in [1.807, 2.05) is 4.90 Å². The standard InChI is InChI=1S/C13H23N3O4S/c1-21(19,20)15-7-6-14-13(18)10-8-12(17)16(9-10)11-4-2-3-5-11/h10-11,15H,2-9H2,1H3,(H,14,18). The first kappa shape index (κ1) is 16.2. The molecule has 7 nitrogen and oxygen atoms in total. The summed E-state index contributed by atoms with van der Waals surface area (Å²) in [5.41, 5.74) is 0. The summed E-state index contributed by atoms with van der Waals surface area (Å²) in [5.74, 6) is -0.410. The van der Waals surface area contributed by atoms with Crippen LogP contribution in [0.4, 0.5) is 0 Å². The summed E-state index contributed by atoms with van der Waals surface area (Å²) in [6, 6.07) is 0.308. The normalized spacial score (nSPS) is 23.8. The molecule has 2 rings (SSSR count). The first-order chi connectivity index (χ1) is 9.87. The molecule has 1 saturated heterocycles. The SMILES string of the molecule is CS(=O)(=O)NCCNC(=O)C1CC(=O)N(C2CCCC2)C1. The molecule has 2 N–H and O–H groups in total. The van der Waals surface area contributed by atoms with Crippen LogP contribution in [0.5, 0.6) is 0 Å². The zero-order chi connectivity index (χ0) is 15.5. The van der Waals surface area contributed by atoms with Crippen molar-refractivity contribution in [3.05, 3.63) is 0 Å². The van der Waals surface area contributed by atoms with E-state index >= 15 is 0 Å². The van der Waals surface area contributed by atoms with Gasteiger partial charge in [0, 0.05) is 32.1 Å². The highest BCUT2D eigenvalue weighted by Crippen LogP contribution is 2.29. The summed E-state index contributed by atoms with van der Waals surface area (Å²) in [5, 5.41) is 2.68. The van der Waals surface area contributed by atoms with Crippen LogP contribution in [0, 0.1) is 5.92 Å². The molecule has 2 amide bonds. The number of nitrogens with one attached hydrogen (secondary N) is 2. The van der Waals surface area contributed by atoms with E-state index in [0.717, 1.165) is 31.9 Å². The van der Waals surface area contributed by atoms with Crippen LogP contribution < -0.4 is 10.0 Å². The second kappa shape index (κ2) is 6.74. The van der Waals surface area contributed by atoms with Crippen molar-refractivity contribution in [2.45, 2.75) is 38.1 Å². The Balaban J connectivity index is 1.75. The quantitative estimate of drug-likeness (QED) is 0.642. The molecule has 0 bridgehead atoms. The smallest absolute Gasteiger partial charge is 0.225 e. The first-order valence-electron chi connectivity index (χ1n) is 7.38. The number of carbonyl (C=O) groups excluding carboxylic acids is 2. The number of sulfonamides is 1. The predicted molar refractivity (Wildman–Crippen MR) is 77.9 cm³/mol. The van der Waals surface area contributed by atoms with Crippen LogP contribution in [0.1, 0.15) is 32.1 Å². The van der Waals surface area contributed by atoms with Gasteiger partial charge in [-0.2, -0.15) is 0 Å². The van der Waals surface area contributed by atoms with E-state index in [2.05, 4.69) is 10.0 Å². The predicted octanol–water partition coefficient (Wildman–Crippen LogP) is -0.557. The second-order valence-corrected chi connectivity index (χ2v) is 7.68. The minimum absolute atomic E-state index is 0.0660. The van der Waals surface area contributed by atoms with Crippen LogP contribution >= 0.6 is 0 Å². The van der Waals surface area contributed by atoms with Gasteiger partial charge in [0.15, 0.2) is 0 Å². The molecule has 2 fully saturated rings. The summed E-state index contributed by atoms with van der Waals surface area (Å²) in [6.45, 7) is 0.895. The summed E-state index contributed by atoms with van der Waals surface area (Å²) in [6.07, 6.45) is 5.73. The molecule has 1 aliphatic heterocycles. The maximum atomic E-state index is 12.0. The number of amides is 2. The minimum Gasteiger partial charge on any atom is -0.354 e. The maximum Gasteiger partial charge on any atom is 0.225 e. The van der Waals surface area contributed by atoms with Crippen molar-refractivity contribution >= 4 is 21.8 Å². The molecule has 0 radical (unpaired) electrons. The highest BCUT2D eigenvalue weighted by atomic mass is 32.2. The van der Waals surface area contributed by atoms with Gasteiger partial charge in [-0.15, -0.1) is 0 Å². The molecule has 21 heavy (non-hydrogen) atoms. The molecule has 0 spiro atoms.